The molecule has 0 aliphatic rings. The van der Waals surface area contributed by atoms with Crippen LogP contribution in [0.2, 0.25) is 0 Å². The highest BCUT2D eigenvalue weighted by Crippen LogP contribution is 2.46. The number of para-hydroxylation sites is 1. The fourth-order valence-corrected chi connectivity index (χ4v) is 9.56. The smallest absolute Gasteiger partial charge is 0.165 e. The topological polar surface area (TPSA) is 51.8 Å². The van der Waals surface area contributed by atoms with Crippen LogP contribution in [0.1, 0.15) is 0 Å². The highest BCUT2D eigenvalue weighted by atomic mass is 32.1. The molecule has 228 valence electrons. The zero-order chi connectivity index (χ0) is 32.1. The molecule has 7 aromatic carbocycles. The third-order valence-electron chi connectivity index (χ3n) is 9.50. The van der Waals surface area contributed by atoms with Crippen LogP contribution in [0.25, 0.3) is 107 Å². The Labute approximate surface area is 287 Å². The molecule has 0 radical (unpaired) electrons. The summed E-state index contributed by atoms with van der Waals surface area (Å²) in [6.07, 6.45) is 0. The first kappa shape index (κ1) is 27.0. The second-order valence-electron chi connectivity index (χ2n) is 12.4. The van der Waals surface area contributed by atoms with Gasteiger partial charge in [-0.2, -0.15) is 0 Å². The molecule has 4 heterocycles. The highest BCUT2D eigenvalue weighted by Gasteiger charge is 2.22. The first-order valence-corrected chi connectivity index (χ1v) is 17.8. The summed E-state index contributed by atoms with van der Waals surface area (Å²) < 4.78 is 11.4. The second-order valence-corrected chi connectivity index (χ2v) is 14.5. The summed E-state index contributed by atoms with van der Waals surface area (Å²) in [4.78, 5) is 15.5. The molecule has 11 rings (SSSR count). The normalized spacial score (nSPS) is 12.1. The van der Waals surface area contributed by atoms with Crippen LogP contribution < -0.4 is 0 Å². The molecule has 0 aliphatic heterocycles. The fraction of sp³-hybridized carbons (Fsp3) is 0. The van der Waals surface area contributed by atoms with Crippen molar-refractivity contribution in [2.45, 2.75) is 0 Å². The predicted molar refractivity (Wildman–Crippen MR) is 207 cm³/mol. The largest absolute Gasteiger partial charge is 0.455 e. The molecule has 0 bridgehead atoms. The predicted octanol–water partition coefficient (Wildman–Crippen LogP) is 12.7. The number of furan rings is 1. The molecule has 0 unspecified atom stereocenters. The lowest BCUT2D eigenvalue weighted by molar-refractivity contribution is 0.673. The van der Waals surface area contributed by atoms with Crippen LogP contribution in [0, 0.1) is 0 Å². The number of hydrogen-bond acceptors (Lipinski definition) is 6. The van der Waals surface area contributed by atoms with Crippen molar-refractivity contribution in [3.8, 4) is 34.2 Å². The van der Waals surface area contributed by atoms with Gasteiger partial charge >= 0.3 is 0 Å². The number of thiophene rings is 2. The highest BCUT2D eigenvalue weighted by molar-refractivity contribution is 7.26. The van der Waals surface area contributed by atoms with Gasteiger partial charge in [0.25, 0.3) is 0 Å². The van der Waals surface area contributed by atoms with Crippen molar-refractivity contribution in [1.82, 2.24) is 15.0 Å². The van der Waals surface area contributed by atoms with Crippen molar-refractivity contribution >= 4 is 95.7 Å². The van der Waals surface area contributed by atoms with E-state index < -0.39 is 0 Å². The molecule has 0 fully saturated rings. The van der Waals surface area contributed by atoms with Crippen LogP contribution in [0.3, 0.4) is 0 Å². The number of fused-ring (bicyclic) bond motifs is 11. The Bertz CT molecular complexity index is 3120. The first-order valence-electron chi connectivity index (χ1n) is 16.2. The Balaban J connectivity index is 1.19. The van der Waals surface area contributed by atoms with Gasteiger partial charge in [0.2, 0.25) is 0 Å². The summed E-state index contributed by atoms with van der Waals surface area (Å²) in [5.74, 6) is 1.95. The molecule has 11 aromatic rings. The van der Waals surface area contributed by atoms with Gasteiger partial charge in [0, 0.05) is 63.1 Å². The van der Waals surface area contributed by atoms with Crippen molar-refractivity contribution < 1.29 is 4.42 Å². The van der Waals surface area contributed by atoms with Gasteiger partial charge in [-0.15, -0.1) is 22.7 Å². The molecule has 49 heavy (non-hydrogen) atoms. The molecule has 4 nitrogen and oxygen atoms in total. The maximum atomic E-state index is 6.55. The monoisotopic (exact) mass is 661 g/mol. The van der Waals surface area contributed by atoms with E-state index >= 15 is 0 Å². The van der Waals surface area contributed by atoms with E-state index in [1.807, 2.05) is 41.7 Å². The summed E-state index contributed by atoms with van der Waals surface area (Å²) in [7, 11) is 0. The molecular weight excluding hydrogens is 639 g/mol. The SMILES string of the molecule is c1ccc(-c2nc(-c3ccc4c(c3)sc3cc5ccccc5cc34)nc(-c3cc4c5ccccc5oc4c4c3sc3ccccc34)n2)cc1. The van der Waals surface area contributed by atoms with Crippen molar-refractivity contribution in [2.24, 2.45) is 0 Å². The molecule has 0 saturated heterocycles. The molecule has 0 amide bonds. The van der Waals surface area contributed by atoms with Crippen molar-refractivity contribution in [3.05, 3.63) is 140 Å². The number of rotatable bonds is 3. The van der Waals surface area contributed by atoms with E-state index in [4.69, 9.17) is 19.4 Å². The lowest BCUT2D eigenvalue weighted by Gasteiger charge is -2.10. The molecule has 0 atom stereocenters. The summed E-state index contributed by atoms with van der Waals surface area (Å²) in [6, 6.07) is 49.0. The van der Waals surface area contributed by atoms with E-state index in [1.54, 1.807) is 11.3 Å². The lowest BCUT2D eigenvalue weighted by Crippen LogP contribution is -2.00. The minimum Gasteiger partial charge on any atom is -0.455 e. The Morgan fingerprint density at radius 2 is 1.12 bits per heavy atom. The van der Waals surface area contributed by atoms with Crippen LogP contribution in [0.15, 0.2) is 144 Å². The lowest BCUT2D eigenvalue weighted by atomic mass is 10.0. The number of benzene rings is 7. The summed E-state index contributed by atoms with van der Waals surface area (Å²) in [6.45, 7) is 0. The Hall–Kier alpha value is -5.95. The van der Waals surface area contributed by atoms with Crippen molar-refractivity contribution in [3.63, 3.8) is 0 Å². The van der Waals surface area contributed by atoms with Crippen LogP contribution >= 0.6 is 22.7 Å². The molecule has 0 N–H and O–H groups in total. The summed E-state index contributed by atoms with van der Waals surface area (Å²) in [5, 5.41) is 9.45. The van der Waals surface area contributed by atoms with Gasteiger partial charge in [0.05, 0.1) is 4.70 Å². The minimum absolute atomic E-state index is 0.648. The minimum atomic E-state index is 0.648. The average molecular weight is 662 g/mol. The van der Waals surface area contributed by atoms with Gasteiger partial charge in [-0.1, -0.05) is 103 Å². The van der Waals surface area contributed by atoms with E-state index in [2.05, 4.69) is 109 Å². The quantitative estimate of drug-likeness (QED) is 0.189. The second kappa shape index (κ2) is 10.3. The van der Waals surface area contributed by atoms with Gasteiger partial charge < -0.3 is 4.42 Å². The average Bonchev–Trinajstić information content (AvgIpc) is 3.84. The zero-order valence-electron chi connectivity index (χ0n) is 25.8. The van der Waals surface area contributed by atoms with Gasteiger partial charge in [0.1, 0.15) is 11.2 Å². The number of aromatic nitrogens is 3. The van der Waals surface area contributed by atoms with Crippen molar-refractivity contribution in [1.29, 1.82) is 0 Å². The third kappa shape index (κ3) is 4.11. The van der Waals surface area contributed by atoms with Crippen LogP contribution in [-0.2, 0) is 0 Å². The Morgan fingerprint density at radius 1 is 0.429 bits per heavy atom. The van der Waals surface area contributed by atoms with Crippen LogP contribution in [-0.4, -0.2) is 15.0 Å². The third-order valence-corrected chi connectivity index (χ3v) is 11.8. The van der Waals surface area contributed by atoms with E-state index in [1.165, 1.54) is 41.0 Å². The molecule has 4 aromatic heterocycles. The molecule has 6 heteroatoms. The van der Waals surface area contributed by atoms with E-state index in [-0.39, 0.29) is 0 Å². The maximum absolute atomic E-state index is 6.55. The van der Waals surface area contributed by atoms with Crippen LogP contribution in [0.4, 0.5) is 0 Å². The maximum Gasteiger partial charge on any atom is 0.165 e. The standard InChI is InChI=1S/C43H23N3OS2/c1-2-10-24(11-3-1)41-44-42(27-18-19-29-31-20-25-12-4-5-13-26(25)21-37(31)48-36(29)22-27)46-43(45-41)33-23-32-28-14-6-8-16-34(28)47-39(32)38-30-15-7-9-17-35(30)49-40(33)38/h1-23H. The Morgan fingerprint density at radius 3 is 2.00 bits per heavy atom. The zero-order valence-corrected chi connectivity index (χ0v) is 27.5. The van der Waals surface area contributed by atoms with Gasteiger partial charge in [-0.05, 0) is 47.2 Å². The summed E-state index contributed by atoms with van der Waals surface area (Å²) in [5.41, 5.74) is 4.66. The number of nitrogens with zero attached hydrogens (tertiary/aromatic N) is 3. The van der Waals surface area contributed by atoms with Gasteiger partial charge in [-0.3, -0.25) is 0 Å². The van der Waals surface area contributed by atoms with Gasteiger partial charge in [-0.25, -0.2) is 15.0 Å². The summed E-state index contributed by atoms with van der Waals surface area (Å²) >= 11 is 3.57. The molecular formula is C43H23N3OS2. The Kier molecular flexibility index (Phi) is 5.67. The molecule has 0 spiro atoms. The van der Waals surface area contributed by atoms with E-state index in [9.17, 15) is 0 Å². The first-order chi connectivity index (χ1) is 24.2. The molecule has 0 saturated carbocycles. The number of hydrogen-bond donors (Lipinski definition) is 0. The molecule has 0 aliphatic carbocycles. The van der Waals surface area contributed by atoms with E-state index in [0.717, 1.165) is 48.7 Å². The van der Waals surface area contributed by atoms with Crippen LogP contribution in [0.5, 0.6) is 0 Å². The van der Waals surface area contributed by atoms with Gasteiger partial charge in [0.15, 0.2) is 17.5 Å². The van der Waals surface area contributed by atoms with Crippen molar-refractivity contribution in [2.75, 3.05) is 0 Å². The van der Waals surface area contributed by atoms with E-state index in [0.29, 0.717) is 17.5 Å². The fourth-order valence-electron chi connectivity index (χ4n) is 7.17.